The van der Waals surface area contributed by atoms with Crippen LogP contribution in [0.4, 0.5) is 0 Å². The first kappa shape index (κ1) is 31.5. The summed E-state index contributed by atoms with van der Waals surface area (Å²) < 4.78 is 50.6. The average molecular weight is 654 g/mol. The number of ether oxygens (including phenoxy) is 4. The molecule has 241 valence electrons. The molecule has 1 amide bonds. The zero-order chi connectivity index (χ0) is 33.3. The van der Waals surface area contributed by atoms with E-state index in [1.807, 2.05) is 42.1 Å². The molecule has 3 aromatic heterocycles. The molecule has 47 heavy (non-hydrogen) atoms. The fourth-order valence-electron chi connectivity index (χ4n) is 5.53. The van der Waals surface area contributed by atoms with Crippen molar-refractivity contribution < 1.29 is 32.2 Å². The van der Waals surface area contributed by atoms with Gasteiger partial charge < -0.3 is 33.8 Å². The normalized spacial score (nSPS) is 11.5. The second kappa shape index (κ2) is 12.7. The van der Waals surface area contributed by atoms with Gasteiger partial charge in [0.05, 0.1) is 38.9 Å². The lowest BCUT2D eigenvalue weighted by molar-refractivity contribution is 0.0950. The fraction of sp³-hybridized carbons (Fsp3) is 0.171. The van der Waals surface area contributed by atoms with E-state index in [4.69, 9.17) is 18.9 Å². The highest BCUT2D eigenvalue weighted by atomic mass is 32.2. The van der Waals surface area contributed by atoms with Crippen LogP contribution in [0.15, 0.2) is 84.0 Å². The van der Waals surface area contributed by atoms with Gasteiger partial charge in [0.2, 0.25) is 0 Å². The number of methoxy groups -OCH3 is 4. The van der Waals surface area contributed by atoms with Gasteiger partial charge in [-0.1, -0.05) is 0 Å². The third-order valence-corrected chi connectivity index (χ3v) is 9.50. The van der Waals surface area contributed by atoms with Gasteiger partial charge in [0, 0.05) is 71.3 Å². The van der Waals surface area contributed by atoms with Gasteiger partial charge in [-0.05, 0) is 60.2 Å². The molecule has 3 aromatic carbocycles. The van der Waals surface area contributed by atoms with E-state index in [-0.39, 0.29) is 17.3 Å². The number of fused-ring (bicyclic) bond motifs is 2. The van der Waals surface area contributed by atoms with Gasteiger partial charge in [0.15, 0.2) is 21.3 Å². The van der Waals surface area contributed by atoms with Crippen molar-refractivity contribution in [2.45, 2.75) is 11.4 Å². The van der Waals surface area contributed by atoms with Crippen LogP contribution in [-0.2, 0) is 23.4 Å². The van der Waals surface area contributed by atoms with Crippen LogP contribution in [-0.4, -0.2) is 57.3 Å². The van der Waals surface area contributed by atoms with Crippen molar-refractivity contribution in [2.24, 2.45) is 7.05 Å². The van der Waals surface area contributed by atoms with Crippen LogP contribution in [0.25, 0.3) is 33.2 Å². The number of nitrogens with zero attached hydrogens (tertiary/aromatic N) is 2. The van der Waals surface area contributed by atoms with Gasteiger partial charge in [-0.2, -0.15) is 0 Å². The van der Waals surface area contributed by atoms with E-state index >= 15 is 0 Å². The zero-order valence-electron chi connectivity index (χ0n) is 26.5. The second-order valence-electron chi connectivity index (χ2n) is 10.8. The number of carbonyl (C=O) groups excluding carboxylic acids is 1. The number of hydrogen-bond donors (Lipinski definition) is 2. The first-order valence-corrected chi connectivity index (χ1v) is 16.1. The Labute approximate surface area is 272 Å². The molecule has 3 heterocycles. The summed E-state index contributed by atoms with van der Waals surface area (Å²) in [7, 11) is 4.35. The van der Waals surface area contributed by atoms with Crippen molar-refractivity contribution in [1.29, 1.82) is 0 Å². The maximum atomic E-state index is 13.5. The van der Waals surface area contributed by atoms with Crippen LogP contribution in [0.2, 0.25) is 0 Å². The lowest BCUT2D eigenvalue weighted by atomic mass is 10.1. The van der Waals surface area contributed by atoms with E-state index in [1.54, 1.807) is 52.8 Å². The number of sulfone groups is 1. The molecular weight excluding hydrogens is 620 g/mol. The Balaban J connectivity index is 1.22. The number of benzene rings is 3. The van der Waals surface area contributed by atoms with Crippen molar-refractivity contribution >= 4 is 37.7 Å². The summed E-state index contributed by atoms with van der Waals surface area (Å²) in [5.74, 6) is 3.31. The quantitative estimate of drug-likeness (QED) is 0.183. The maximum absolute atomic E-state index is 13.5. The lowest BCUT2D eigenvalue weighted by Gasteiger charge is -2.11. The number of aryl methyl sites for hydroxylation is 1. The molecule has 1 radical (unpaired) electrons. The van der Waals surface area contributed by atoms with Gasteiger partial charge in [-0.15, -0.1) is 0 Å². The Hall–Kier alpha value is -5.49. The lowest BCUT2D eigenvalue weighted by Crippen LogP contribution is -2.23. The first-order valence-electron chi connectivity index (χ1n) is 14.5. The number of H-pyrrole nitrogens is 1. The van der Waals surface area contributed by atoms with Gasteiger partial charge >= 0.3 is 0 Å². The number of rotatable bonds is 11. The molecule has 2 N–H and O–H groups in total. The molecule has 0 atom stereocenters. The number of aromatic nitrogens is 3. The third kappa shape index (κ3) is 6.07. The molecule has 0 spiro atoms. The Morgan fingerprint density at radius 1 is 0.872 bits per heavy atom. The minimum atomic E-state index is -3.88. The molecule has 0 saturated carbocycles. The van der Waals surface area contributed by atoms with E-state index in [2.05, 4.69) is 15.3 Å². The van der Waals surface area contributed by atoms with Crippen molar-refractivity contribution in [1.82, 2.24) is 19.9 Å². The van der Waals surface area contributed by atoms with Gasteiger partial charge in [0.25, 0.3) is 5.91 Å². The molecule has 0 fully saturated rings. The molecule has 0 aliphatic carbocycles. The zero-order valence-corrected chi connectivity index (χ0v) is 27.3. The summed E-state index contributed by atoms with van der Waals surface area (Å²) in [6.45, 7) is 0.219. The van der Waals surface area contributed by atoms with Gasteiger partial charge in [-0.25, -0.2) is 13.4 Å². The largest absolute Gasteiger partial charge is 0.497 e. The SMILES string of the molecule is COc1ccc(CNC(=O)c2ccc(S(=O)(=O)[CH]c3ccnc4[nH]c(-c5cn(C)c6cc(OC)c(OC)cc56)cc34)cc2)c(OC)c1. The van der Waals surface area contributed by atoms with Gasteiger partial charge in [0.1, 0.15) is 22.9 Å². The van der Waals surface area contributed by atoms with Gasteiger partial charge in [-0.3, -0.25) is 4.79 Å². The molecule has 0 aliphatic heterocycles. The third-order valence-electron chi connectivity index (χ3n) is 8.01. The number of amides is 1. The summed E-state index contributed by atoms with van der Waals surface area (Å²) in [5.41, 5.74) is 4.72. The number of hydrogen-bond acceptors (Lipinski definition) is 8. The van der Waals surface area contributed by atoms with E-state index in [9.17, 15) is 13.2 Å². The monoisotopic (exact) mass is 653 g/mol. The highest BCUT2D eigenvalue weighted by Crippen LogP contribution is 2.39. The smallest absolute Gasteiger partial charge is 0.251 e. The topological polar surface area (TPSA) is 134 Å². The molecule has 0 unspecified atom stereocenters. The van der Waals surface area contributed by atoms with E-state index < -0.39 is 9.84 Å². The minimum Gasteiger partial charge on any atom is -0.497 e. The highest BCUT2D eigenvalue weighted by molar-refractivity contribution is 7.93. The number of nitrogens with one attached hydrogen (secondary N) is 2. The molecule has 0 bridgehead atoms. The maximum Gasteiger partial charge on any atom is 0.251 e. The highest BCUT2D eigenvalue weighted by Gasteiger charge is 2.21. The van der Waals surface area contributed by atoms with Crippen molar-refractivity contribution in [3.8, 4) is 34.3 Å². The van der Waals surface area contributed by atoms with Crippen molar-refractivity contribution in [3.05, 3.63) is 102 Å². The average Bonchev–Trinajstić information content (AvgIpc) is 3.67. The Morgan fingerprint density at radius 2 is 1.60 bits per heavy atom. The molecule has 11 nitrogen and oxygen atoms in total. The van der Waals surface area contributed by atoms with Crippen LogP contribution in [0.3, 0.4) is 0 Å². The predicted octanol–water partition coefficient (Wildman–Crippen LogP) is 5.67. The fourth-order valence-corrected chi connectivity index (χ4v) is 6.72. The summed E-state index contributed by atoms with van der Waals surface area (Å²) in [4.78, 5) is 20.7. The number of aromatic amines is 1. The predicted molar refractivity (Wildman–Crippen MR) is 179 cm³/mol. The summed E-state index contributed by atoms with van der Waals surface area (Å²) in [6, 6.07) is 18.5. The number of carbonyl (C=O) groups is 1. The van der Waals surface area contributed by atoms with Crippen molar-refractivity contribution in [2.75, 3.05) is 28.4 Å². The number of pyridine rings is 1. The van der Waals surface area contributed by atoms with Crippen LogP contribution in [0.1, 0.15) is 21.5 Å². The standard InChI is InChI=1S/C35H33N4O7S/c1-39-19-28(27-16-32(45-4)33(46-5)17-30(27)39)29-15-26-23(12-13-36-34(26)38-29)20-47(41,42)25-10-7-21(8-11-25)35(40)37-18-22-6-9-24(43-2)14-31(22)44-3/h6-17,19-20H,18H2,1-5H3,(H,36,38)(H,37,40). The molecular formula is C35H33N4O7S. The first-order chi connectivity index (χ1) is 22.6. The molecule has 6 aromatic rings. The second-order valence-corrected chi connectivity index (χ2v) is 12.6. The molecule has 0 saturated heterocycles. The Bertz CT molecular complexity index is 2220. The Kier molecular flexibility index (Phi) is 8.52. The van der Waals surface area contributed by atoms with E-state index in [0.29, 0.717) is 45.2 Å². The molecule has 6 rings (SSSR count). The van der Waals surface area contributed by atoms with Crippen LogP contribution >= 0.6 is 0 Å². The minimum absolute atomic E-state index is 0.0571. The van der Waals surface area contributed by atoms with Crippen molar-refractivity contribution in [3.63, 3.8) is 0 Å². The van der Waals surface area contributed by atoms with Crippen LogP contribution in [0, 0.1) is 5.75 Å². The summed E-state index contributed by atoms with van der Waals surface area (Å²) in [5, 5.41) is 4.42. The molecule has 12 heteroatoms. The van der Waals surface area contributed by atoms with Crippen LogP contribution in [0.5, 0.6) is 23.0 Å². The summed E-state index contributed by atoms with van der Waals surface area (Å²) in [6.07, 6.45) is 3.55. The van der Waals surface area contributed by atoms with E-state index in [1.165, 1.54) is 30.0 Å². The van der Waals surface area contributed by atoms with E-state index in [0.717, 1.165) is 27.7 Å². The molecule has 0 aliphatic rings. The Morgan fingerprint density at radius 3 is 2.30 bits per heavy atom. The summed E-state index contributed by atoms with van der Waals surface area (Å²) >= 11 is 0. The van der Waals surface area contributed by atoms with Crippen LogP contribution < -0.4 is 24.3 Å².